The Morgan fingerprint density at radius 3 is 2.24 bits per heavy atom. The molecule has 1 spiro atoms. The average molecular weight is 346 g/mol. The molecule has 2 aliphatic rings. The van der Waals surface area contributed by atoms with Crippen molar-refractivity contribution in [2.45, 2.75) is 45.4 Å². The number of carboxylic acids is 1. The van der Waals surface area contributed by atoms with Gasteiger partial charge in [0.15, 0.2) is 6.04 Å². The van der Waals surface area contributed by atoms with E-state index in [1.807, 2.05) is 40.0 Å². The number of piperidine rings is 1. The number of nitrogens with zero attached hydrogens (tertiary/aromatic N) is 2. The highest BCUT2D eigenvalue weighted by Gasteiger charge is 2.54. The van der Waals surface area contributed by atoms with Crippen LogP contribution >= 0.6 is 0 Å². The second kappa shape index (κ2) is 6.42. The van der Waals surface area contributed by atoms with Gasteiger partial charge in [0.05, 0.1) is 6.61 Å². The number of carbonyl (C=O) groups excluding carboxylic acids is 1. The van der Waals surface area contributed by atoms with Crippen molar-refractivity contribution in [1.82, 2.24) is 9.80 Å². The molecule has 136 valence electrons. The third-order valence-corrected chi connectivity index (χ3v) is 5.42. The predicted octanol–water partition coefficient (Wildman–Crippen LogP) is 1.96. The van der Waals surface area contributed by atoms with Crippen LogP contribution in [0, 0.1) is 20.8 Å². The zero-order chi connectivity index (χ0) is 18.4. The smallest absolute Gasteiger partial charge is 0.328 e. The van der Waals surface area contributed by atoms with Crippen LogP contribution in [0.5, 0.6) is 0 Å². The Morgan fingerprint density at radius 1 is 1.16 bits per heavy atom. The Labute approximate surface area is 148 Å². The van der Waals surface area contributed by atoms with Crippen molar-refractivity contribution in [3.05, 3.63) is 34.4 Å². The van der Waals surface area contributed by atoms with Gasteiger partial charge in [-0.25, -0.2) is 4.79 Å². The van der Waals surface area contributed by atoms with Gasteiger partial charge in [0.2, 0.25) is 0 Å². The molecule has 1 atom stereocenters. The van der Waals surface area contributed by atoms with E-state index in [0.29, 0.717) is 18.4 Å². The van der Waals surface area contributed by atoms with Crippen LogP contribution in [0.2, 0.25) is 0 Å². The molecule has 2 aliphatic heterocycles. The molecule has 2 heterocycles. The van der Waals surface area contributed by atoms with Gasteiger partial charge in [0.25, 0.3) is 5.91 Å². The Kier molecular flexibility index (Phi) is 4.60. The van der Waals surface area contributed by atoms with Crippen molar-refractivity contribution >= 4 is 11.9 Å². The number of ether oxygens (including phenoxy) is 1. The van der Waals surface area contributed by atoms with E-state index in [1.54, 1.807) is 0 Å². The second-order valence-corrected chi connectivity index (χ2v) is 7.36. The molecule has 0 saturated carbocycles. The number of carboxylic acid groups (broad SMARTS) is 1. The number of aryl methyl sites for hydroxylation is 3. The molecular weight excluding hydrogens is 320 g/mol. The van der Waals surface area contributed by atoms with Crippen LogP contribution in [0.25, 0.3) is 0 Å². The van der Waals surface area contributed by atoms with E-state index in [2.05, 4.69) is 4.90 Å². The lowest BCUT2D eigenvalue weighted by Crippen LogP contribution is -2.58. The first-order valence-corrected chi connectivity index (χ1v) is 8.72. The largest absolute Gasteiger partial charge is 0.480 e. The lowest BCUT2D eigenvalue weighted by atomic mass is 9.94. The Bertz CT molecular complexity index is 684. The van der Waals surface area contributed by atoms with Crippen molar-refractivity contribution in [2.75, 3.05) is 26.7 Å². The Hall–Kier alpha value is -1.92. The molecule has 1 amide bonds. The van der Waals surface area contributed by atoms with Crippen molar-refractivity contribution in [3.63, 3.8) is 0 Å². The number of benzene rings is 1. The summed E-state index contributed by atoms with van der Waals surface area (Å²) in [5.41, 5.74) is 2.63. The fourth-order valence-corrected chi connectivity index (χ4v) is 4.16. The van der Waals surface area contributed by atoms with Gasteiger partial charge >= 0.3 is 5.97 Å². The lowest BCUT2D eigenvalue weighted by molar-refractivity contribution is -0.143. The zero-order valence-electron chi connectivity index (χ0n) is 15.3. The summed E-state index contributed by atoms with van der Waals surface area (Å²) in [4.78, 5) is 28.9. The maximum absolute atomic E-state index is 13.4. The van der Waals surface area contributed by atoms with E-state index in [0.717, 1.165) is 29.8 Å². The van der Waals surface area contributed by atoms with Gasteiger partial charge in [-0.15, -0.1) is 0 Å². The first-order valence-electron chi connectivity index (χ1n) is 8.72. The third-order valence-electron chi connectivity index (χ3n) is 5.42. The van der Waals surface area contributed by atoms with E-state index in [4.69, 9.17) is 4.74 Å². The number of aliphatic carboxylic acids is 1. The Balaban J connectivity index is 2.03. The molecule has 3 rings (SSSR count). The maximum atomic E-state index is 13.4. The van der Waals surface area contributed by atoms with Gasteiger partial charge in [-0.05, 0) is 38.9 Å². The number of hydrogen-bond acceptors (Lipinski definition) is 4. The highest BCUT2D eigenvalue weighted by atomic mass is 16.5. The minimum atomic E-state index is -1.01. The molecule has 0 aromatic heterocycles. The van der Waals surface area contributed by atoms with Crippen LogP contribution in [0.4, 0.5) is 0 Å². The SMILES string of the molecule is Cc1cc(C)c(C(=O)N2[C@@H](C(=O)O)COC23CCN(C)CC3)c(C)c1. The predicted molar refractivity (Wildman–Crippen MR) is 93.7 cm³/mol. The number of rotatable bonds is 2. The van der Waals surface area contributed by atoms with Crippen LogP contribution in [0.3, 0.4) is 0 Å². The van der Waals surface area contributed by atoms with E-state index in [9.17, 15) is 14.7 Å². The molecule has 0 radical (unpaired) electrons. The fraction of sp³-hybridized carbons (Fsp3) is 0.579. The summed E-state index contributed by atoms with van der Waals surface area (Å²) < 4.78 is 5.96. The molecular formula is C19H26N2O4. The lowest BCUT2D eigenvalue weighted by Gasteiger charge is -2.43. The minimum Gasteiger partial charge on any atom is -0.480 e. The summed E-state index contributed by atoms with van der Waals surface area (Å²) in [6.45, 7) is 7.41. The highest BCUT2D eigenvalue weighted by molar-refractivity contribution is 6.00. The molecule has 1 N–H and O–H groups in total. The van der Waals surface area contributed by atoms with Gasteiger partial charge in [0, 0.05) is 31.5 Å². The summed E-state index contributed by atoms with van der Waals surface area (Å²) in [6.07, 6.45) is 1.26. The normalized spacial score (nSPS) is 23.2. The summed E-state index contributed by atoms with van der Waals surface area (Å²) in [5, 5.41) is 9.64. The molecule has 6 nitrogen and oxygen atoms in total. The van der Waals surface area contributed by atoms with Crippen LogP contribution in [-0.4, -0.2) is 65.3 Å². The first kappa shape index (κ1) is 17.9. The molecule has 2 fully saturated rings. The highest BCUT2D eigenvalue weighted by Crippen LogP contribution is 2.39. The van der Waals surface area contributed by atoms with Crippen molar-refractivity contribution in [3.8, 4) is 0 Å². The summed E-state index contributed by atoms with van der Waals surface area (Å²) in [6, 6.07) is 3.00. The maximum Gasteiger partial charge on any atom is 0.328 e. The summed E-state index contributed by atoms with van der Waals surface area (Å²) in [7, 11) is 2.02. The quantitative estimate of drug-likeness (QED) is 0.886. The number of carbonyl (C=O) groups is 2. The van der Waals surface area contributed by atoms with E-state index < -0.39 is 17.7 Å². The first-order chi connectivity index (χ1) is 11.7. The standard InChI is InChI=1S/C19H26N2O4/c1-12-9-13(2)16(14(3)10-12)17(22)21-15(18(23)24)11-25-19(21)5-7-20(4)8-6-19/h9-10,15H,5-8,11H2,1-4H3,(H,23,24)/t15-/m1/s1. The van der Waals surface area contributed by atoms with Gasteiger partial charge in [-0.2, -0.15) is 0 Å². The van der Waals surface area contributed by atoms with Gasteiger partial charge in [-0.3, -0.25) is 9.69 Å². The molecule has 0 bridgehead atoms. The number of likely N-dealkylation sites (tertiary alicyclic amines) is 1. The fourth-order valence-electron chi connectivity index (χ4n) is 4.16. The summed E-state index contributed by atoms with van der Waals surface area (Å²) >= 11 is 0. The molecule has 0 unspecified atom stereocenters. The van der Waals surface area contributed by atoms with Crippen molar-refractivity contribution in [2.24, 2.45) is 0 Å². The topological polar surface area (TPSA) is 70.1 Å². The molecule has 1 aromatic rings. The minimum absolute atomic E-state index is 0.0503. The third kappa shape index (κ3) is 3.04. The monoisotopic (exact) mass is 346 g/mol. The Morgan fingerprint density at radius 2 is 1.72 bits per heavy atom. The number of hydrogen-bond donors (Lipinski definition) is 1. The number of amides is 1. The van der Waals surface area contributed by atoms with Crippen LogP contribution < -0.4 is 0 Å². The second-order valence-electron chi connectivity index (χ2n) is 7.36. The zero-order valence-corrected chi connectivity index (χ0v) is 15.3. The molecule has 0 aliphatic carbocycles. The van der Waals surface area contributed by atoms with Gasteiger partial charge in [-0.1, -0.05) is 17.7 Å². The van der Waals surface area contributed by atoms with E-state index >= 15 is 0 Å². The van der Waals surface area contributed by atoms with Gasteiger partial charge in [0.1, 0.15) is 5.72 Å². The van der Waals surface area contributed by atoms with Crippen LogP contribution in [0.15, 0.2) is 12.1 Å². The molecule has 6 heteroatoms. The summed E-state index contributed by atoms with van der Waals surface area (Å²) in [5.74, 6) is -1.24. The molecule has 1 aromatic carbocycles. The van der Waals surface area contributed by atoms with Crippen molar-refractivity contribution < 1.29 is 19.4 Å². The van der Waals surface area contributed by atoms with E-state index in [1.165, 1.54) is 4.90 Å². The molecule has 2 saturated heterocycles. The molecule has 25 heavy (non-hydrogen) atoms. The average Bonchev–Trinajstić information content (AvgIpc) is 2.88. The van der Waals surface area contributed by atoms with E-state index in [-0.39, 0.29) is 12.5 Å². The van der Waals surface area contributed by atoms with Crippen molar-refractivity contribution in [1.29, 1.82) is 0 Å². The van der Waals surface area contributed by atoms with Crippen LogP contribution in [0.1, 0.15) is 39.9 Å². The van der Waals surface area contributed by atoms with Gasteiger partial charge < -0.3 is 14.7 Å². The van der Waals surface area contributed by atoms with Crippen LogP contribution in [-0.2, 0) is 9.53 Å².